The molecular formula is C20H20BrNO3. The van der Waals surface area contributed by atoms with Crippen LogP contribution in [0.2, 0.25) is 0 Å². The third-order valence-corrected chi connectivity index (χ3v) is 5.43. The first-order chi connectivity index (χ1) is 12.1. The number of hydrogen-bond acceptors (Lipinski definition) is 3. The van der Waals surface area contributed by atoms with Crippen molar-refractivity contribution in [2.24, 2.45) is 0 Å². The maximum absolute atomic E-state index is 12.7. The molecule has 0 aliphatic carbocycles. The van der Waals surface area contributed by atoms with Crippen LogP contribution in [0.1, 0.15) is 28.8 Å². The fourth-order valence-corrected chi connectivity index (χ4v) is 3.69. The van der Waals surface area contributed by atoms with Gasteiger partial charge in [-0.15, -0.1) is 0 Å². The van der Waals surface area contributed by atoms with Gasteiger partial charge < -0.3 is 9.64 Å². The number of ether oxygens (including phenoxy) is 1. The molecule has 25 heavy (non-hydrogen) atoms. The summed E-state index contributed by atoms with van der Waals surface area (Å²) in [4.78, 5) is 27.0. The van der Waals surface area contributed by atoms with E-state index in [4.69, 9.17) is 4.74 Å². The molecule has 1 aliphatic rings. The fraction of sp³-hybridized carbons (Fsp3) is 0.300. The summed E-state index contributed by atoms with van der Waals surface area (Å²) < 4.78 is 6.03. The van der Waals surface area contributed by atoms with Crippen LogP contribution in [0.5, 0.6) is 0 Å². The Hall–Kier alpha value is -2.14. The van der Waals surface area contributed by atoms with E-state index in [2.05, 4.69) is 15.9 Å². The predicted octanol–water partition coefficient (Wildman–Crippen LogP) is 3.80. The zero-order valence-electron chi connectivity index (χ0n) is 14.1. The number of carbonyl (C=O) groups excluding carboxylic acids is 2. The average molecular weight is 402 g/mol. The minimum absolute atomic E-state index is 0.000900. The van der Waals surface area contributed by atoms with Crippen LogP contribution in [0.15, 0.2) is 59.1 Å². The largest absolute Gasteiger partial charge is 0.468 e. The Morgan fingerprint density at radius 2 is 1.60 bits per heavy atom. The van der Waals surface area contributed by atoms with Gasteiger partial charge in [0.15, 0.2) is 0 Å². The smallest absolute Gasteiger partial charge is 0.316 e. The normalized spacial score (nSPS) is 16.3. The van der Waals surface area contributed by atoms with Crippen molar-refractivity contribution in [2.45, 2.75) is 18.3 Å². The van der Waals surface area contributed by atoms with Gasteiger partial charge in [0.25, 0.3) is 5.91 Å². The number of rotatable bonds is 3. The third-order valence-electron chi connectivity index (χ3n) is 4.90. The minimum Gasteiger partial charge on any atom is -0.468 e. The molecule has 2 aromatic carbocycles. The number of piperidine rings is 1. The van der Waals surface area contributed by atoms with Gasteiger partial charge in [-0.05, 0) is 42.7 Å². The van der Waals surface area contributed by atoms with Crippen molar-refractivity contribution in [3.63, 3.8) is 0 Å². The van der Waals surface area contributed by atoms with Gasteiger partial charge in [0.05, 0.1) is 12.5 Å². The number of halogens is 1. The van der Waals surface area contributed by atoms with Crippen LogP contribution in [0.3, 0.4) is 0 Å². The van der Waals surface area contributed by atoms with Crippen molar-refractivity contribution in [2.75, 3.05) is 20.2 Å². The lowest BCUT2D eigenvalue weighted by atomic mass is 9.72. The third kappa shape index (κ3) is 3.47. The number of likely N-dealkylation sites (tertiary alicyclic amines) is 1. The van der Waals surface area contributed by atoms with Crippen molar-refractivity contribution in [1.82, 2.24) is 4.90 Å². The molecule has 0 bridgehead atoms. The number of amides is 1. The van der Waals surface area contributed by atoms with E-state index < -0.39 is 5.41 Å². The maximum Gasteiger partial charge on any atom is 0.316 e. The molecule has 130 valence electrons. The average Bonchev–Trinajstić information content (AvgIpc) is 2.68. The first-order valence-corrected chi connectivity index (χ1v) is 9.05. The van der Waals surface area contributed by atoms with E-state index in [0.717, 1.165) is 10.0 Å². The van der Waals surface area contributed by atoms with Crippen molar-refractivity contribution >= 4 is 27.8 Å². The van der Waals surface area contributed by atoms with E-state index in [0.29, 0.717) is 31.5 Å². The second-order valence-corrected chi connectivity index (χ2v) is 7.15. The Bertz CT molecular complexity index is 750. The second kappa shape index (κ2) is 7.40. The van der Waals surface area contributed by atoms with Gasteiger partial charge in [-0.2, -0.15) is 0 Å². The maximum atomic E-state index is 12.7. The molecular weight excluding hydrogens is 382 g/mol. The number of hydrogen-bond donors (Lipinski definition) is 0. The molecule has 5 heteroatoms. The number of benzene rings is 2. The van der Waals surface area contributed by atoms with E-state index in [1.54, 1.807) is 0 Å². The SMILES string of the molecule is COC(=O)C1(c2ccccc2)CCN(C(=O)c2ccc(Br)cc2)CC1. The molecule has 0 radical (unpaired) electrons. The number of methoxy groups -OCH3 is 1. The van der Waals surface area contributed by atoms with Crippen LogP contribution in [0.25, 0.3) is 0 Å². The summed E-state index contributed by atoms with van der Waals surface area (Å²) in [5, 5.41) is 0. The highest BCUT2D eigenvalue weighted by molar-refractivity contribution is 9.10. The number of esters is 1. The molecule has 0 unspecified atom stereocenters. The Balaban J connectivity index is 1.79. The van der Waals surface area contributed by atoms with Crippen LogP contribution in [-0.4, -0.2) is 37.0 Å². The number of nitrogens with zero attached hydrogens (tertiary/aromatic N) is 1. The van der Waals surface area contributed by atoms with Crippen molar-refractivity contribution in [1.29, 1.82) is 0 Å². The first kappa shape index (κ1) is 17.7. The molecule has 0 aromatic heterocycles. The van der Waals surface area contributed by atoms with Crippen molar-refractivity contribution in [3.8, 4) is 0 Å². The summed E-state index contributed by atoms with van der Waals surface area (Å²) in [6.07, 6.45) is 1.12. The first-order valence-electron chi connectivity index (χ1n) is 8.25. The van der Waals surface area contributed by atoms with Gasteiger partial charge in [-0.25, -0.2) is 0 Å². The van der Waals surface area contributed by atoms with Gasteiger partial charge in [0, 0.05) is 23.1 Å². The lowest BCUT2D eigenvalue weighted by molar-refractivity contribution is -0.149. The van der Waals surface area contributed by atoms with Gasteiger partial charge in [0.2, 0.25) is 0 Å². The molecule has 1 heterocycles. The van der Waals surface area contributed by atoms with E-state index in [1.165, 1.54) is 7.11 Å². The lowest BCUT2D eigenvalue weighted by Gasteiger charge is -2.40. The molecule has 0 N–H and O–H groups in total. The Kier molecular flexibility index (Phi) is 5.23. The van der Waals surface area contributed by atoms with Crippen LogP contribution in [0, 0.1) is 0 Å². The van der Waals surface area contributed by atoms with E-state index in [1.807, 2.05) is 59.5 Å². The highest BCUT2D eigenvalue weighted by atomic mass is 79.9. The van der Waals surface area contributed by atoms with Gasteiger partial charge >= 0.3 is 5.97 Å². The second-order valence-electron chi connectivity index (χ2n) is 6.24. The molecule has 1 saturated heterocycles. The highest BCUT2D eigenvalue weighted by Crippen LogP contribution is 2.37. The van der Waals surface area contributed by atoms with Crippen LogP contribution in [-0.2, 0) is 14.9 Å². The highest BCUT2D eigenvalue weighted by Gasteiger charge is 2.44. The Morgan fingerprint density at radius 3 is 2.16 bits per heavy atom. The fourth-order valence-electron chi connectivity index (χ4n) is 3.43. The molecule has 3 rings (SSSR count). The lowest BCUT2D eigenvalue weighted by Crippen LogP contribution is -2.49. The predicted molar refractivity (Wildman–Crippen MR) is 99.4 cm³/mol. The summed E-state index contributed by atoms with van der Waals surface area (Å²) in [6.45, 7) is 1.05. The summed E-state index contributed by atoms with van der Waals surface area (Å²) in [5.74, 6) is -0.228. The number of carbonyl (C=O) groups is 2. The molecule has 2 aromatic rings. The topological polar surface area (TPSA) is 46.6 Å². The summed E-state index contributed by atoms with van der Waals surface area (Å²) in [7, 11) is 1.42. The molecule has 0 spiro atoms. The van der Waals surface area contributed by atoms with Gasteiger partial charge in [-0.3, -0.25) is 9.59 Å². The minimum atomic E-state index is -0.674. The van der Waals surface area contributed by atoms with Crippen molar-refractivity contribution < 1.29 is 14.3 Å². The van der Waals surface area contributed by atoms with E-state index in [-0.39, 0.29) is 11.9 Å². The molecule has 1 aliphatic heterocycles. The van der Waals surface area contributed by atoms with Crippen LogP contribution < -0.4 is 0 Å². The summed E-state index contributed by atoms with van der Waals surface area (Å²) in [5.41, 5.74) is 0.943. The quantitative estimate of drug-likeness (QED) is 0.734. The monoisotopic (exact) mass is 401 g/mol. The van der Waals surface area contributed by atoms with E-state index in [9.17, 15) is 9.59 Å². The Labute approximate surface area is 155 Å². The summed E-state index contributed by atoms with van der Waals surface area (Å²) >= 11 is 3.38. The zero-order chi connectivity index (χ0) is 17.9. The van der Waals surface area contributed by atoms with E-state index >= 15 is 0 Å². The summed E-state index contributed by atoms with van der Waals surface area (Å²) in [6, 6.07) is 17.1. The zero-order valence-corrected chi connectivity index (χ0v) is 15.7. The van der Waals surface area contributed by atoms with Gasteiger partial charge in [-0.1, -0.05) is 46.3 Å². The van der Waals surface area contributed by atoms with Crippen LogP contribution >= 0.6 is 15.9 Å². The molecule has 0 saturated carbocycles. The molecule has 0 atom stereocenters. The molecule has 4 nitrogen and oxygen atoms in total. The molecule has 1 amide bonds. The van der Waals surface area contributed by atoms with Crippen molar-refractivity contribution in [3.05, 3.63) is 70.2 Å². The molecule has 1 fully saturated rings. The van der Waals surface area contributed by atoms with Gasteiger partial charge in [0.1, 0.15) is 0 Å². The Morgan fingerprint density at radius 1 is 1.00 bits per heavy atom. The standard InChI is InChI=1S/C20H20BrNO3/c1-25-19(24)20(16-5-3-2-4-6-16)11-13-22(14-12-20)18(23)15-7-9-17(21)10-8-15/h2-10H,11-14H2,1H3. The van der Waals surface area contributed by atoms with Crippen LogP contribution in [0.4, 0.5) is 0 Å².